The molecule has 1 aromatic rings. The lowest BCUT2D eigenvalue weighted by molar-refractivity contribution is 0.300. The number of aryl methyl sites for hydroxylation is 1. The van der Waals surface area contributed by atoms with Crippen molar-refractivity contribution in [1.82, 2.24) is 15.6 Å². The van der Waals surface area contributed by atoms with Gasteiger partial charge in [0.05, 0.1) is 0 Å². The van der Waals surface area contributed by atoms with E-state index < -0.39 is 0 Å². The van der Waals surface area contributed by atoms with Gasteiger partial charge in [0.2, 0.25) is 0 Å². The van der Waals surface area contributed by atoms with Crippen molar-refractivity contribution < 1.29 is 4.63 Å². The van der Waals surface area contributed by atoms with Crippen LogP contribution in [0.1, 0.15) is 31.7 Å². The molecule has 0 aromatic carbocycles. The second kappa shape index (κ2) is 4.97. The molecule has 0 saturated heterocycles. The summed E-state index contributed by atoms with van der Waals surface area (Å²) in [7, 11) is 0. The molecule has 0 aliphatic heterocycles. The standard InChI is InChI=1S/C9H17N3O/c1-7(2)4-5-10-6-9-8(3)11-13-12-9/h7,10H,4-6H2,1-3H3. The second-order valence-corrected chi connectivity index (χ2v) is 3.66. The molecule has 1 aromatic heterocycles. The first-order valence-electron chi connectivity index (χ1n) is 4.69. The van der Waals surface area contributed by atoms with Crippen molar-refractivity contribution in [2.45, 2.75) is 33.7 Å². The summed E-state index contributed by atoms with van der Waals surface area (Å²) >= 11 is 0. The van der Waals surface area contributed by atoms with Crippen LogP contribution in [0.3, 0.4) is 0 Å². The highest BCUT2D eigenvalue weighted by Crippen LogP contribution is 2.00. The maximum atomic E-state index is 4.58. The van der Waals surface area contributed by atoms with Gasteiger partial charge in [0, 0.05) is 6.54 Å². The molecule has 4 heteroatoms. The molecule has 1 rings (SSSR count). The monoisotopic (exact) mass is 183 g/mol. The zero-order valence-electron chi connectivity index (χ0n) is 8.50. The van der Waals surface area contributed by atoms with E-state index in [1.54, 1.807) is 0 Å². The Balaban J connectivity index is 2.17. The van der Waals surface area contributed by atoms with E-state index in [0.717, 1.165) is 30.4 Å². The summed E-state index contributed by atoms with van der Waals surface area (Å²) in [6.45, 7) is 8.09. The Bertz CT molecular complexity index is 245. The Labute approximate surface area is 78.7 Å². The van der Waals surface area contributed by atoms with Crippen LogP contribution in [0.25, 0.3) is 0 Å². The van der Waals surface area contributed by atoms with Crippen LogP contribution in [0.15, 0.2) is 4.63 Å². The van der Waals surface area contributed by atoms with Crippen molar-refractivity contribution in [1.29, 1.82) is 0 Å². The molecule has 0 spiro atoms. The van der Waals surface area contributed by atoms with Gasteiger partial charge in [-0.15, -0.1) is 0 Å². The molecule has 13 heavy (non-hydrogen) atoms. The number of hydrogen-bond donors (Lipinski definition) is 1. The lowest BCUT2D eigenvalue weighted by Gasteiger charge is -2.04. The summed E-state index contributed by atoms with van der Waals surface area (Å²) in [6.07, 6.45) is 1.18. The van der Waals surface area contributed by atoms with E-state index in [-0.39, 0.29) is 0 Å². The van der Waals surface area contributed by atoms with Gasteiger partial charge < -0.3 is 5.32 Å². The normalized spacial score (nSPS) is 11.1. The van der Waals surface area contributed by atoms with E-state index in [9.17, 15) is 0 Å². The molecule has 0 aliphatic carbocycles. The van der Waals surface area contributed by atoms with Gasteiger partial charge in [0.15, 0.2) is 0 Å². The SMILES string of the molecule is Cc1nonc1CNCCC(C)C. The Morgan fingerprint density at radius 2 is 2.15 bits per heavy atom. The van der Waals surface area contributed by atoms with Crippen molar-refractivity contribution >= 4 is 0 Å². The first-order valence-corrected chi connectivity index (χ1v) is 4.69. The van der Waals surface area contributed by atoms with Crippen LogP contribution >= 0.6 is 0 Å². The largest absolute Gasteiger partial charge is 0.311 e. The van der Waals surface area contributed by atoms with Crippen molar-refractivity contribution in [2.24, 2.45) is 5.92 Å². The third-order valence-electron chi connectivity index (χ3n) is 1.94. The van der Waals surface area contributed by atoms with E-state index in [1.807, 2.05) is 6.92 Å². The molecular formula is C9H17N3O. The molecule has 0 saturated carbocycles. The Morgan fingerprint density at radius 1 is 1.38 bits per heavy atom. The maximum Gasteiger partial charge on any atom is 0.121 e. The Kier molecular flexibility index (Phi) is 3.89. The molecule has 0 radical (unpaired) electrons. The Hall–Kier alpha value is -0.900. The first kappa shape index (κ1) is 10.2. The molecule has 1 N–H and O–H groups in total. The zero-order chi connectivity index (χ0) is 9.68. The number of nitrogens with zero attached hydrogens (tertiary/aromatic N) is 2. The highest BCUT2D eigenvalue weighted by molar-refractivity contribution is 5.03. The number of rotatable bonds is 5. The van der Waals surface area contributed by atoms with Crippen LogP contribution in [0.2, 0.25) is 0 Å². The van der Waals surface area contributed by atoms with Crippen LogP contribution in [-0.4, -0.2) is 16.9 Å². The van der Waals surface area contributed by atoms with E-state index >= 15 is 0 Å². The topological polar surface area (TPSA) is 51.0 Å². The average Bonchev–Trinajstić information content (AvgIpc) is 2.45. The fourth-order valence-corrected chi connectivity index (χ4v) is 1.01. The average molecular weight is 183 g/mol. The fraction of sp³-hybridized carbons (Fsp3) is 0.778. The van der Waals surface area contributed by atoms with Gasteiger partial charge in [-0.05, 0) is 25.8 Å². The molecular weight excluding hydrogens is 166 g/mol. The molecule has 0 aliphatic rings. The van der Waals surface area contributed by atoms with Gasteiger partial charge in [-0.1, -0.05) is 24.2 Å². The van der Waals surface area contributed by atoms with Crippen molar-refractivity contribution in [3.63, 3.8) is 0 Å². The number of aromatic nitrogens is 2. The van der Waals surface area contributed by atoms with Gasteiger partial charge in [-0.3, -0.25) is 0 Å². The smallest absolute Gasteiger partial charge is 0.121 e. The van der Waals surface area contributed by atoms with Crippen LogP contribution in [0, 0.1) is 12.8 Å². The second-order valence-electron chi connectivity index (χ2n) is 3.66. The molecule has 0 atom stereocenters. The van der Waals surface area contributed by atoms with Crippen LogP contribution in [-0.2, 0) is 6.54 Å². The molecule has 74 valence electrons. The van der Waals surface area contributed by atoms with Gasteiger partial charge >= 0.3 is 0 Å². The molecule has 0 unspecified atom stereocenters. The van der Waals surface area contributed by atoms with Crippen LogP contribution in [0.4, 0.5) is 0 Å². The van der Waals surface area contributed by atoms with E-state index in [0.29, 0.717) is 0 Å². The zero-order valence-corrected chi connectivity index (χ0v) is 8.50. The van der Waals surface area contributed by atoms with Gasteiger partial charge in [0.1, 0.15) is 11.4 Å². The van der Waals surface area contributed by atoms with Gasteiger partial charge in [0.25, 0.3) is 0 Å². The third-order valence-corrected chi connectivity index (χ3v) is 1.94. The number of hydrogen-bond acceptors (Lipinski definition) is 4. The van der Waals surface area contributed by atoms with Gasteiger partial charge in [-0.2, -0.15) is 0 Å². The predicted molar refractivity (Wildman–Crippen MR) is 50.2 cm³/mol. The summed E-state index contributed by atoms with van der Waals surface area (Å²) < 4.78 is 4.58. The molecule has 0 amide bonds. The van der Waals surface area contributed by atoms with E-state index in [4.69, 9.17) is 0 Å². The lowest BCUT2D eigenvalue weighted by atomic mass is 10.1. The van der Waals surface area contributed by atoms with Crippen molar-refractivity contribution in [2.75, 3.05) is 6.54 Å². The van der Waals surface area contributed by atoms with Crippen molar-refractivity contribution in [3.05, 3.63) is 11.4 Å². The summed E-state index contributed by atoms with van der Waals surface area (Å²) in [6, 6.07) is 0. The third kappa shape index (κ3) is 3.55. The minimum atomic E-state index is 0.740. The van der Waals surface area contributed by atoms with E-state index in [1.165, 1.54) is 6.42 Å². The Morgan fingerprint density at radius 3 is 2.69 bits per heavy atom. The fourth-order valence-electron chi connectivity index (χ4n) is 1.01. The van der Waals surface area contributed by atoms with E-state index in [2.05, 4.69) is 34.1 Å². The number of nitrogens with one attached hydrogen (secondary N) is 1. The minimum absolute atomic E-state index is 0.740. The van der Waals surface area contributed by atoms with Crippen LogP contribution < -0.4 is 5.32 Å². The summed E-state index contributed by atoms with van der Waals surface area (Å²) in [5.41, 5.74) is 1.78. The summed E-state index contributed by atoms with van der Waals surface area (Å²) in [4.78, 5) is 0. The minimum Gasteiger partial charge on any atom is -0.311 e. The highest BCUT2D eigenvalue weighted by Gasteiger charge is 2.03. The van der Waals surface area contributed by atoms with Crippen LogP contribution in [0.5, 0.6) is 0 Å². The van der Waals surface area contributed by atoms with Gasteiger partial charge in [-0.25, -0.2) is 4.63 Å². The summed E-state index contributed by atoms with van der Waals surface area (Å²) in [5, 5.41) is 10.8. The molecule has 4 nitrogen and oxygen atoms in total. The quantitative estimate of drug-likeness (QED) is 0.703. The highest BCUT2D eigenvalue weighted by atomic mass is 16.6. The molecule has 0 bridgehead atoms. The first-order chi connectivity index (χ1) is 6.20. The molecule has 1 heterocycles. The van der Waals surface area contributed by atoms with Crippen molar-refractivity contribution in [3.8, 4) is 0 Å². The predicted octanol–water partition coefficient (Wildman–Crippen LogP) is 1.51. The lowest BCUT2D eigenvalue weighted by Crippen LogP contribution is -2.17. The maximum absolute atomic E-state index is 4.58. The molecule has 0 fully saturated rings. The summed E-state index contributed by atoms with van der Waals surface area (Å²) in [5.74, 6) is 0.740.